The monoisotopic (exact) mass is 571 g/mol. The molecule has 7 nitrogen and oxygen atoms in total. The molecule has 3 N–H and O–H groups in total. The minimum atomic E-state index is -0.381. The highest BCUT2D eigenvalue weighted by Crippen LogP contribution is 2.31. The van der Waals surface area contributed by atoms with E-state index in [9.17, 15) is 9.59 Å². The second kappa shape index (κ2) is 7.83. The smallest absolute Gasteiger partial charge is 0.290 e. The molecule has 1 aromatic rings. The highest BCUT2D eigenvalue weighted by molar-refractivity contribution is 14.1. The average molecular weight is 571 g/mol. The molecule has 3 rings (SSSR count). The maximum atomic E-state index is 11.6. The van der Waals surface area contributed by atoms with Gasteiger partial charge in [-0.25, -0.2) is 9.97 Å². The zero-order valence-electron chi connectivity index (χ0n) is 12.5. The molecule has 3 heterocycles. The minimum Gasteiger partial charge on any atom is -0.339 e. The van der Waals surface area contributed by atoms with E-state index >= 15 is 0 Å². The lowest BCUT2D eigenvalue weighted by molar-refractivity contribution is -0.115. The lowest BCUT2D eigenvalue weighted by atomic mass is 9.97. The molecule has 2 fully saturated rings. The number of hydrogen-bond donors (Lipinski definition) is 2. The van der Waals surface area contributed by atoms with Crippen molar-refractivity contribution in [3.63, 3.8) is 0 Å². The molecular weight excluding hydrogens is 556 g/mol. The molecule has 1 unspecified atom stereocenters. The van der Waals surface area contributed by atoms with Gasteiger partial charge in [-0.15, -0.1) is 0 Å². The van der Waals surface area contributed by atoms with Gasteiger partial charge in [-0.3, -0.25) is 14.9 Å². The maximum absolute atomic E-state index is 11.6. The van der Waals surface area contributed by atoms with Crippen LogP contribution < -0.4 is 16.0 Å². The first-order valence-electron chi connectivity index (χ1n) is 7.29. The van der Waals surface area contributed by atoms with E-state index < -0.39 is 0 Å². The number of hydrogen-bond acceptors (Lipinski definition) is 7. The molecule has 0 spiro atoms. The van der Waals surface area contributed by atoms with Crippen LogP contribution in [0.3, 0.4) is 0 Å². The summed E-state index contributed by atoms with van der Waals surface area (Å²) in [5.41, 5.74) is 6.49. The van der Waals surface area contributed by atoms with Gasteiger partial charge in [0, 0.05) is 27.1 Å². The fraction of sp³-hybridized carbons (Fsp3) is 0.429. The van der Waals surface area contributed by atoms with Crippen molar-refractivity contribution in [2.45, 2.75) is 7.85 Å². The topological polar surface area (TPSA) is 101 Å². The number of amides is 2. The summed E-state index contributed by atoms with van der Waals surface area (Å²) in [5, 5.41) is 1.88. The minimum absolute atomic E-state index is 0.352. The number of anilines is 1. The zero-order valence-corrected chi connectivity index (χ0v) is 17.6. The SMILES string of the molecule is NCC1[C@H](I)CN(c2nccc(/C=C3\SC(=O)NC3=O)n2)C[C@@H]1I. The van der Waals surface area contributed by atoms with Crippen LogP contribution in [0.4, 0.5) is 10.7 Å². The molecule has 0 saturated carbocycles. The van der Waals surface area contributed by atoms with Gasteiger partial charge in [0.05, 0.1) is 10.6 Å². The number of nitrogens with zero attached hydrogens (tertiary/aromatic N) is 3. The van der Waals surface area contributed by atoms with Crippen LogP contribution in [0.15, 0.2) is 17.2 Å². The lowest BCUT2D eigenvalue weighted by Crippen LogP contribution is -2.50. The number of aromatic nitrogens is 2. The number of thioether (sulfide) groups is 1. The van der Waals surface area contributed by atoms with Crippen molar-refractivity contribution in [2.75, 3.05) is 24.5 Å². The van der Waals surface area contributed by atoms with Crippen LogP contribution in [0.25, 0.3) is 6.08 Å². The molecule has 0 bridgehead atoms. The number of alkyl halides is 2. The van der Waals surface area contributed by atoms with Crippen molar-refractivity contribution in [1.82, 2.24) is 15.3 Å². The van der Waals surface area contributed by atoms with Crippen LogP contribution >= 0.6 is 56.9 Å². The van der Waals surface area contributed by atoms with Crippen molar-refractivity contribution < 1.29 is 9.59 Å². The Hall–Kier alpha value is -0.470. The molecule has 0 aromatic carbocycles. The van der Waals surface area contributed by atoms with E-state index in [1.807, 2.05) is 0 Å². The number of halogens is 2. The van der Waals surface area contributed by atoms with E-state index in [-0.39, 0.29) is 11.1 Å². The fourth-order valence-electron chi connectivity index (χ4n) is 2.60. The highest BCUT2D eigenvalue weighted by atomic mass is 127. The number of rotatable bonds is 3. The van der Waals surface area contributed by atoms with Crippen LogP contribution in [0.1, 0.15) is 5.69 Å². The quantitative estimate of drug-likeness (QED) is 0.325. The Kier molecular flexibility index (Phi) is 5.98. The standard InChI is InChI=1S/C14H15I2N5O2S/c15-9-5-21(6-10(16)8(9)4-17)13-18-2-1-7(19-13)3-11-12(22)20-14(23)24-11/h1-3,8-10H,4-6,17H2,(H,20,22,23)/b11-3-/t8?,9-,10+. The molecule has 1 aromatic heterocycles. The van der Waals surface area contributed by atoms with E-state index in [2.05, 4.69) is 65.4 Å². The van der Waals surface area contributed by atoms with E-state index in [0.29, 0.717) is 36.9 Å². The normalized spacial score (nSPS) is 29.2. The molecule has 128 valence electrons. The molecule has 2 aliphatic rings. The van der Waals surface area contributed by atoms with E-state index in [1.165, 1.54) is 0 Å². The van der Waals surface area contributed by atoms with Crippen molar-refractivity contribution in [1.29, 1.82) is 0 Å². The fourth-order valence-corrected chi connectivity index (χ4v) is 6.60. The summed E-state index contributed by atoms with van der Waals surface area (Å²) < 4.78 is 0.866. The summed E-state index contributed by atoms with van der Waals surface area (Å²) in [4.78, 5) is 34.3. The summed E-state index contributed by atoms with van der Waals surface area (Å²) >= 11 is 5.77. The Labute approximate surface area is 170 Å². The van der Waals surface area contributed by atoms with E-state index in [4.69, 9.17) is 5.73 Å². The molecule has 2 amide bonds. The summed E-state index contributed by atoms with van der Waals surface area (Å²) in [7, 11) is 0. The number of nitrogens with two attached hydrogens (primary N) is 1. The van der Waals surface area contributed by atoms with Gasteiger partial charge < -0.3 is 10.6 Å². The molecule has 10 heteroatoms. The summed E-state index contributed by atoms with van der Waals surface area (Å²) in [6.45, 7) is 2.37. The van der Waals surface area contributed by atoms with E-state index in [1.54, 1.807) is 18.3 Å². The lowest BCUT2D eigenvalue weighted by Gasteiger charge is -2.39. The Morgan fingerprint density at radius 1 is 1.38 bits per heavy atom. The third kappa shape index (κ3) is 4.02. The molecule has 24 heavy (non-hydrogen) atoms. The predicted molar refractivity (Wildman–Crippen MR) is 112 cm³/mol. The summed E-state index contributed by atoms with van der Waals surface area (Å²) in [6.07, 6.45) is 3.29. The zero-order chi connectivity index (χ0) is 17.3. The Balaban J connectivity index is 1.80. The third-order valence-electron chi connectivity index (χ3n) is 3.86. The number of carbonyl (C=O) groups excluding carboxylic acids is 2. The second-order valence-electron chi connectivity index (χ2n) is 5.47. The van der Waals surface area contributed by atoms with Gasteiger partial charge >= 0.3 is 0 Å². The van der Waals surface area contributed by atoms with Crippen LogP contribution in [0.2, 0.25) is 0 Å². The predicted octanol–water partition coefficient (Wildman–Crippen LogP) is 1.80. The summed E-state index contributed by atoms with van der Waals surface area (Å²) in [5.74, 6) is 0.740. The first kappa shape index (κ1) is 18.3. The number of imide groups is 1. The van der Waals surface area contributed by atoms with Crippen molar-refractivity contribution >= 4 is 80.1 Å². The van der Waals surface area contributed by atoms with Gasteiger partial charge in [-0.1, -0.05) is 45.2 Å². The Bertz CT molecular complexity index is 689. The van der Waals surface area contributed by atoms with Crippen LogP contribution in [-0.4, -0.2) is 48.6 Å². The first-order chi connectivity index (χ1) is 11.5. The molecule has 0 radical (unpaired) electrons. The molecule has 2 saturated heterocycles. The maximum Gasteiger partial charge on any atom is 0.290 e. The first-order valence-corrected chi connectivity index (χ1v) is 10.6. The van der Waals surface area contributed by atoms with Gasteiger partial charge in [0.25, 0.3) is 11.1 Å². The van der Waals surface area contributed by atoms with Gasteiger partial charge in [-0.2, -0.15) is 0 Å². The highest BCUT2D eigenvalue weighted by Gasteiger charge is 2.34. The Morgan fingerprint density at radius 2 is 2.08 bits per heavy atom. The Morgan fingerprint density at radius 3 is 2.67 bits per heavy atom. The van der Waals surface area contributed by atoms with Gasteiger partial charge in [0.2, 0.25) is 5.95 Å². The molecule has 2 aliphatic heterocycles. The van der Waals surface area contributed by atoms with Crippen molar-refractivity contribution in [2.24, 2.45) is 11.7 Å². The third-order valence-corrected chi connectivity index (χ3v) is 7.31. The van der Waals surface area contributed by atoms with Gasteiger partial charge in [-0.05, 0) is 36.4 Å². The number of carbonyl (C=O) groups is 2. The summed E-state index contributed by atoms with van der Waals surface area (Å²) in [6, 6.07) is 1.73. The van der Waals surface area contributed by atoms with Crippen LogP contribution in [-0.2, 0) is 4.79 Å². The largest absolute Gasteiger partial charge is 0.339 e. The average Bonchev–Trinajstić information content (AvgIpc) is 2.85. The molecule has 3 atom stereocenters. The van der Waals surface area contributed by atoms with Crippen LogP contribution in [0, 0.1) is 5.92 Å². The number of nitrogens with one attached hydrogen (secondary N) is 1. The second-order valence-corrected chi connectivity index (χ2v) is 9.68. The molecular formula is C14H15I2N5O2S. The van der Waals surface area contributed by atoms with Crippen LogP contribution in [0.5, 0.6) is 0 Å². The van der Waals surface area contributed by atoms with Crippen molar-refractivity contribution in [3.05, 3.63) is 22.9 Å². The van der Waals surface area contributed by atoms with Gasteiger partial charge in [0.15, 0.2) is 0 Å². The number of piperidine rings is 1. The van der Waals surface area contributed by atoms with Crippen molar-refractivity contribution in [3.8, 4) is 0 Å². The molecule has 0 aliphatic carbocycles. The van der Waals surface area contributed by atoms with Gasteiger partial charge in [0.1, 0.15) is 0 Å². The van der Waals surface area contributed by atoms with E-state index in [0.717, 1.165) is 24.9 Å².